The van der Waals surface area contributed by atoms with Crippen molar-refractivity contribution in [2.24, 2.45) is 0 Å². The Morgan fingerprint density at radius 2 is 1.94 bits per heavy atom. The lowest BCUT2D eigenvalue weighted by atomic mass is 10.1. The Kier molecular flexibility index (Phi) is 4.84. The molecule has 1 fully saturated rings. The molecule has 0 amide bonds. The van der Waals surface area contributed by atoms with Crippen molar-refractivity contribution in [3.8, 4) is 0 Å². The summed E-state index contributed by atoms with van der Waals surface area (Å²) in [7, 11) is 0. The van der Waals surface area contributed by atoms with Crippen LogP contribution in [-0.2, 0) is 4.84 Å². The van der Waals surface area contributed by atoms with Gasteiger partial charge in [0.25, 0.3) is 0 Å². The second-order valence-corrected chi connectivity index (χ2v) is 5.47. The van der Waals surface area contributed by atoms with Crippen molar-refractivity contribution >= 4 is 23.2 Å². The first-order valence-electron chi connectivity index (χ1n) is 6.13. The lowest BCUT2D eigenvalue weighted by Gasteiger charge is -2.19. The molecule has 0 aromatic heterocycles. The fraction of sp³-hybridized carbons (Fsp3) is 0.538. The average Bonchev–Trinajstić information content (AvgIpc) is 2.84. The predicted octanol–water partition coefficient (Wildman–Crippen LogP) is 4.66. The Morgan fingerprint density at radius 1 is 1.28 bits per heavy atom. The van der Waals surface area contributed by atoms with Crippen LogP contribution in [0.25, 0.3) is 0 Å². The average molecular weight is 292 g/mol. The van der Waals surface area contributed by atoms with Crippen molar-refractivity contribution in [2.75, 3.05) is 0 Å². The van der Waals surface area contributed by atoms with E-state index in [0.717, 1.165) is 12.8 Å². The Hall–Kier alpha value is -0.350. The summed E-state index contributed by atoms with van der Waals surface area (Å²) in [6.45, 7) is 1.88. The molecule has 0 aliphatic heterocycles. The summed E-state index contributed by atoms with van der Waals surface area (Å²) >= 11 is 11.7. The molecule has 1 aliphatic rings. The minimum Gasteiger partial charge on any atom is -0.298 e. The highest BCUT2D eigenvalue weighted by atomic mass is 35.5. The van der Waals surface area contributed by atoms with E-state index in [1.54, 1.807) is 0 Å². The van der Waals surface area contributed by atoms with Crippen LogP contribution in [-0.4, -0.2) is 6.10 Å². The molecule has 18 heavy (non-hydrogen) atoms. The van der Waals surface area contributed by atoms with Gasteiger partial charge in [-0.25, -0.2) is 4.39 Å². The van der Waals surface area contributed by atoms with Crippen molar-refractivity contribution in [3.05, 3.63) is 33.6 Å². The molecule has 5 heteroatoms. The van der Waals surface area contributed by atoms with E-state index in [4.69, 9.17) is 28.0 Å². The van der Waals surface area contributed by atoms with Gasteiger partial charge in [0.1, 0.15) is 5.82 Å². The molecule has 0 bridgehead atoms. The Labute approximate surface area is 116 Å². The zero-order valence-corrected chi connectivity index (χ0v) is 11.7. The van der Waals surface area contributed by atoms with Gasteiger partial charge in [0.05, 0.1) is 17.2 Å². The van der Waals surface area contributed by atoms with Gasteiger partial charge < -0.3 is 0 Å². The van der Waals surface area contributed by atoms with Gasteiger partial charge in [0.15, 0.2) is 0 Å². The molecule has 0 radical (unpaired) electrons. The Balaban J connectivity index is 1.99. The zero-order chi connectivity index (χ0) is 13.1. The van der Waals surface area contributed by atoms with Crippen LogP contribution < -0.4 is 5.48 Å². The molecule has 1 saturated carbocycles. The van der Waals surface area contributed by atoms with Crippen molar-refractivity contribution < 1.29 is 9.23 Å². The number of benzene rings is 1. The number of nitrogens with one attached hydrogen (secondary N) is 1. The first-order valence-corrected chi connectivity index (χ1v) is 6.89. The molecule has 0 heterocycles. The maximum Gasteiger partial charge on any atom is 0.142 e. The van der Waals surface area contributed by atoms with Crippen LogP contribution in [0.15, 0.2) is 12.1 Å². The maximum absolute atomic E-state index is 13.4. The van der Waals surface area contributed by atoms with Gasteiger partial charge in [-0.1, -0.05) is 36.0 Å². The highest BCUT2D eigenvalue weighted by Gasteiger charge is 2.18. The third-order valence-electron chi connectivity index (χ3n) is 3.22. The molecule has 1 unspecified atom stereocenters. The van der Waals surface area contributed by atoms with Gasteiger partial charge >= 0.3 is 0 Å². The van der Waals surface area contributed by atoms with Crippen LogP contribution in [0.2, 0.25) is 10.0 Å². The van der Waals surface area contributed by atoms with E-state index in [0.29, 0.717) is 10.6 Å². The van der Waals surface area contributed by atoms with E-state index in [9.17, 15) is 4.39 Å². The van der Waals surface area contributed by atoms with Crippen molar-refractivity contribution in [3.63, 3.8) is 0 Å². The largest absolute Gasteiger partial charge is 0.298 e. The first kappa shape index (κ1) is 14.1. The number of hydrogen-bond donors (Lipinski definition) is 1. The van der Waals surface area contributed by atoms with Crippen molar-refractivity contribution in [1.29, 1.82) is 0 Å². The summed E-state index contributed by atoms with van der Waals surface area (Å²) in [5.74, 6) is -0.467. The maximum atomic E-state index is 13.4. The van der Waals surface area contributed by atoms with Crippen LogP contribution in [0, 0.1) is 5.82 Å². The van der Waals surface area contributed by atoms with Gasteiger partial charge in [-0.2, -0.15) is 5.48 Å². The molecule has 1 aliphatic carbocycles. The van der Waals surface area contributed by atoms with Crippen LogP contribution in [0.1, 0.15) is 44.2 Å². The Bertz CT molecular complexity index is 422. The second kappa shape index (κ2) is 6.20. The quantitative estimate of drug-likeness (QED) is 0.644. The minimum absolute atomic E-state index is 0.0349. The fourth-order valence-electron chi connectivity index (χ4n) is 2.14. The number of halogens is 3. The standard InChI is InChI=1S/C13H16Cl2FNO/c1-8(17-18-9-4-2-3-5-9)10-6-13(16)12(15)7-11(10)14/h6-9,17H,2-5H2,1H3. The van der Waals surface area contributed by atoms with E-state index in [-0.39, 0.29) is 17.2 Å². The third kappa shape index (κ3) is 3.35. The van der Waals surface area contributed by atoms with E-state index in [1.165, 1.54) is 25.0 Å². The topological polar surface area (TPSA) is 21.3 Å². The van der Waals surface area contributed by atoms with Crippen LogP contribution >= 0.6 is 23.2 Å². The monoisotopic (exact) mass is 291 g/mol. The second-order valence-electron chi connectivity index (χ2n) is 4.65. The molecule has 2 nitrogen and oxygen atoms in total. The van der Waals surface area contributed by atoms with Crippen LogP contribution in [0.5, 0.6) is 0 Å². The van der Waals surface area contributed by atoms with Gasteiger partial charge in [-0.05, 0) is 37.5 Å². The van der Waals surface area contributed by atoms with Gasteiger partial charge in [-0.3, -0.25) is 4.84 Å². The van der Waals surface area contributed by atoms with Crippen molar-refractivity contribution in [2.45, 2.75) is 44.8 Å². The van der Waals surface area contributed by atoms with E-state index >= 15 is 0 Å². The molecular formula is C13H16Cl2FNO. The Morgan fingerprint density at radius 3 is 2.61 bits per heavy atom. The van der Waals surface area contributed by atoms with E-state index in [1.807, 2.05) is 6.92 Å². The highest BCUT2D eigenvalue weighted by Crippen LogP contribution is 2.29. The molecule has 1 aromatic carbocycles. The van der Waals surface area contributed by atoms with Crippen LogP contribution in [0.3, 0.4) is 0 Å². The minimum atomic E-state index is -0.467. The third-order valence-corrected chi connectivity index (χ3v) is 3.84. The fourth-order valence-corrected chi connectivity index (χ4v) is 2.68. The van der Waals surface area contributed by atoms with Gasteiger partial charge in [0, 0.05) is 5.02 Å². The van der Waals surface area contributed by atoms with Crippen LogP contribution in [0.4, 0.5) is 4.39 Å². The molecule has 2 rings (SSSR count). The number of hydrogen-bond acceptors (Lipinski definition) is 2. The summed E-state index contributed by atoms with van der Waals surface area (Å²) in [6, 6.07) is 2.59. The molecular weight excluding hydrogens is 276 g/mol. The van der Waals surface area contributed by atoms with Gasteiger partial charge in [0.2, 0.25) is 0 Å². The summed E-state index contributed by atoms with van der Waals surface area (Å²) < 4.78 is 13.4. The summed E-state index contributed by atoms with van der Waals surface area (Å²) in [6.07, 6.45) is 4.81. The zero-order valence-electron chi connectivity index (χ0n) is 10.2. The highest BCUT2D eigenvalue weighted by molar-refractivity contribution is 6.35. The molecule has 100 valence electrons. The smallest absolute Gasteiger partial charge is 0.142 e. The first-order chi connectivity index (χ1) is 8.58. The summed E-state index contributed by atoms with van der Waals surface area (Å²) in [4.78, 5) is 5.58. The summed E-state index contributed by atoms with van der Waals surface area (Å²) in [5.41, 5.74) is 3.58. The molecule has 1 atom stereocenters. The molecule has 1 N–H and O–H groups in total. The summed E-state index contributed by atoms with van der Waals surface area (Å²) in [5, 5.41) is 0.476. The van der Waals surface area contributed by atoms with E-state index < -0.39 is 5.82 Å². The van der Waals surface area contributed by atoms with Gasteiger partial charge in [-0.15, -0.1) is 0 Å². The number of hydroxylamine groups is 1. The lowest BCUT2D eigenvalue weighted by Crippen LogP contribution is -2.25. The molecule has 1 aromatic rings. The van der Waals surface area contributed by atoms with E-state index in [2.05, 4.69) is 5.48 Å². The number of rotatable bonds is 4. The normalized spacial score (nSPS) is 18.2. The molecule has 0 spiro atoms. The lowest BCUT2D eigenvalue weighted by molar-refractivity contribution is -0.0377. The van der Waals surface area contributed by atoms with Crippen molar-refractivity contribution in [1.82, 2.24) is 5.48 Å². The SMILES string of the molecule is CC(NOC1CCCC1)c1cc(F)c(Cl)cc1Cl. The molecule has 0 saturated heterocycles. The predicted molar refractivity (Wildman–Crippen MR) is 71.3 cm³/mol.